The molecule has 0 radical (unpaired) electrons. The Kier molecular flexibility index (Phi) is 4.78. The van der Waals surface area contributed by atoms with Crippen molar-refractivity contribution in [3.05, 3.63) is 29.3 Å². The van der Waals surface area contributed by atoms with Crippen molar-refractivity contribution in [3.8, 4) is 0 Å². The summed E-state index contributed by atoms with van der Waals surface area (Å²) in [4.78, 5) is 0.0219. The summed E-state index contributed by atoms with van der Waals surface area (Å²) in [5.74, 6) is 0. The molecule has 0 bridgehead atoms. The van der Waals surface area contributed by atoms with Crippen LogP contribution in [0.1, 0.15) is 11.1 Å². The van der Waals surface area contributed by atoms with Gasteiger partial charge in [0.2, 0.25) is 10.0 Å². The highest BCUT2D eigenvalue weighted by atomic mass is 32.2. The Morgan fingerprint density at radius 2 is 2.00 bits per heavy atom. The van der Waals surface area contributed by atoms with Gasteiger partial charge in [-0.1, -0.05) is 12.1 Å². The molecule has 0 spiro atoms. The fourth-order valence-electron chi connectivity index (χ4n) is 1.51. The van der Waals surface area contributed by atoms with E-state index >= 15 is 0 Å². The molecule has 102 valence electrons. The van der Waals surface area contributed by atoms with Gasteiger partial charge in [-0.3, -0.25) is 0 Å². The van der Waals surface area contributed by atoms with Crippen LogP contribution in [0.15, 0.2) is 23.1 Å². The molecule has 0 aromatic heterocycles. The molecule has 7 heteroatoms. The van der Waals surface area contributed by atoms with Crippen LogP contribution in [0.4, 0.5) is 8.78 Å². The van der Waals surface area contributed by atoms with Crippen molar-refractivity contribution in [2.45, 2.75) is 24.8 Å². The van der Waals surface area contributed by atoms with Crippen LogP contribution < -0.4 is 5.73 Å². The van der Waals surface area contributed by atoms with Crippen molar-refractivity contribution in [1.29, 1.82) is 0 Å². The summed E-state index contributed by atoms with van der Waals surface area (Å²) >= 11 is 0. The number of hydrogen-bond acceptors (Lipinski definition) is 3. The second-order valence-corrected chi connectivity index (χ2v) is 5.99. The first-order valence-electron chi connectivity index (χ1n) is 5.33. The molecule has 0 fully saturated rings. The Morgan fingerprint density at radius 1 is 1.39 bits per heavy atom. The third kappa shape index (κ3) is 3.24. The third-order valence-corrected chi connectivity index (χ3v) is 4.54. The first-order chi connectivity index (χ1) is 8.28. The van der Waals surface area contributed by atoms with Crippen molar-refractivity contribution in [2.75, 3.05) is 13.6 Å². The molecule has 0 heterocycles. The summed E-state index contributed by atoms with van der Waals surface area (Å²) < 4.78 is 49.4. The fourth-order valence-corrected chi connectivity index (χ4v) is 2.93. The van der Waals surface area contributed by atoms with E-state index in [1.54, 1.807) is 19.1 Å². The second-order valence-electron chi connectivity index (χ2n) is 3.98. The average Bonchev–Trinajstić information content (AvgIpc) is 2.28. The normalized spacial score (nSPS) is 12.4. The highest BCUT2D eigenvalue weighted by Gasteiger charge is 2.25. The van der Waals surface area contributed by atoms with Gasteiger partial charge in [0.1, 0.15) is 0 Å². The molecule has 0 aliphatic rings. The van der Waals surface area contributed by atoms with Crippen LogP contribution in [0.2, 0.25) is 0 Å². The molecule has 0 aliphatic heterocycles. The van der Waals surface area contributed by atoms with Crippen molar-refractivity contribution in [1.82, 2.24) is 4.31 Å². The smallest absolute Gasteiger partial charge is 0.252 e. The van der Waals surface area contributed by atoms with E-state index in [4.69, 9.17) is 5.73 Å². The van der Waals surface area contributed by atoms with E-state index in [9.17, 15) is 17.2 Å². The summed E-state index contributed by atoms with van der Waals surface area (Å²) in [6, 6.07) is 4.75. The van der Waals surface area contributed by atoms with Gasteiger partial charge in [-0.2, -0.15) is 4.31 Å². The lowest BCUT2D eigenvalue weighted by Gasteiger charge is -2.18. The Hall–Kier alpha value is -1.05. The summed E-state index contributed by atoms with van der Waals surface area (Å²) in [5.41, 5.74) is 6.59. The highest BCUT2D eigenvalue weighted by Crippen LogP contribution is 2.21. The molecule has 0 aliphatic carbocycles. The molecular weight excluding hydrogens is 262 g/mol. The van der Waals surface area contributed by atoms with Crippen LogP contribution >= 0.6 is 0 Å². The molecule has 4 nitrogen and oxygen atoms in total. The minimum absolute atomic E-state index is 0.0219. The van der Waals surface area contributed by atoms with Crippen LogP contribution in [0.3, 0.4) is 0 Å². The number of nitrogens with two attached hydrogens (primary N) is 1. The summed E-state index contributed by atoms with van der Waals surface area (Å²) in [7, 11) is -2.76. The highest BCUT2D eigenvalue weighted by molar-refractivity contribution is 7.89. The van der Waals surface area contributed by atoms with Crippen LogP contribution in [0.5, 0.6) is 0 Å². The number of sulfonamides is 1. The maximum absolute atomic E-state index is 12.3. The molecule has 0 unspecified atom stereocenters. The van der Waals surface area contributed by atoms with Crippen molar-refractivity contribution < 1.29 is 17.2 Å². The Labute approximate surface area is 105 Å². The number of rotatable bonds is 5. The molecule has 1 aromatic rings. The molecule has 0 amide bonds. The second kappa shape index (κ2) is 5.73. The van der Waals surface area contributed by atoms with Crippen molar-refractivity contribution in [2.24, 2.45) is 5.73 Å². The lowest BCUT2D eigenvalue weighted by atomic mass is 10.1. The maximum Gasteiger partial charge on any atom is 0.252 e. The van der Waals surface area contributed by atoms with E-state index in [1.165, 1.54) is 6.07 Å². The Bertz CT molecular complexity index is 518. The number of halogens is 2. The van der Waals surface area contributed by atoms with Gasteiger partial charge in [0, 0.05) is 13.6 Å². The predicted molar refractivity (Wildman–Crippen MR) is 64.9 cm³/mol. The third-order valence-electron chi connectivity index (χ3n) is 2.57. The molecule has 0 saturated heterocycles. The fraction of sp³-hybridized carbons (Fsp3) is 0.455. The Morgan fingerprint density at radius 3 is 2.50 bits per heavy atom. The van der Waals surface area contributed by atoms with Gasteiger partial charge < -0.3 is 5.73 Å². The van der Waals surface area contributed by atoms with Gasteiger partial charge in [0.15, 0.2) is 0 Å². The Balaban J connectivity index is 3.19. The number of aryl methyl sites for hydroxylation is 1. The minimum atomic E-state index is -3.90. The zero-order chi connectivity index (χ0) is 13.9. The summed E-state index contributed by atoms with van der Waals surface area (Å²) in [5, 5.41) is 0. The average molecular weight is 278 g/mol. The number of benzene rings is 1. The first kappa shape index (κ1) is 15.0. The number of nitrogens with zero attached hydrogens (tertiary/aromatic N) is 1. The molecule has 0 saturated carbocycles. The standard InChI is InChI=1S/C11H16F2N2O2S/c1-8-3-4-9(6-14)5-10(8)18(16,17)15(2)7-11(12)13/h3-5,11H,6-7,14H2,1-2H3. The van der Waals surface area contributed by atoms with E-state index in [0.29, 0.717) is 15.4 Å². The molecular formula is C11H16F2N2O2S. The van der Waals surface area contributed by atoms with Gasteiger partial charge in [-0.15, -0.1) is 0 Å². The quantitative estimate of drug-likeness (QED) is 0.884. The zero-order valence-electron chi connectivity index (χ0n) is 10.2. The van der Waals surface area contributed by atoms with E-state index in [0.717, 1.165) is 7.05 Å². The summed E-state index contributed by atoms with van der Waals surface area (Å²) in [6.45, 7) is 0.985. The topological polar surface area (TPSA) is 63.4 Å². The van der Waals surface area contributed by atoms with Gasteiger partial charge in [-0.05, 0) is 24.1 Å². The van der Waals surface area contributed by atoms with Gasteiger partial charge in [0.05, 0.1) is 11.4 Å². The largest absolute Gasteiger partial charge is 0.326 e. The van der Waals surface area contributed by atoms with Gasteiger partial charge in [0.25, 0.3) is 6.43 Å². The van der Waals surface area contributed by atoms with Crippen molar-refractivity contribution in [3.63, 3.8) is 0 Å². The predicted octanol–water partition coefficient (Wildman–Crippen LogP) is 1.34. The van der Waals surface area contributed by atoms with Crippen LogP contribution in [0.25, 0.3) is 0 Å². The SMILES string of the molecule is Cc1ccc(CN)cc1S(=O)(=O)N(C)CC(F)F. The van der Waals surface area contributed by atoms with E-state index in [2.05, 4.69) is 0 Å². The number of alkyl halides is 2. The first-order valence-corrected chi connectivity index (χ1v) is 6.77. The number of hydrogen-bond donors (Lipinski definition) is 1. The zero-order valence-corrected chi connectivity index (χ0v) is 11.0. The van der Waals surface area contributed by atoms with Gasteiger partial charge in [-0.25, -0.2) is 17.2 Å². The molecule has 18 heavy (non-hydrogen) atoms. The molecule has 1 aromatic carbocycles. The van der Waals surface area contributed by atoms with E-state index in [-0.39, 0.29) is 11.4 Å². The maximum atomic E-state index is 12.3. The van der Waals surface area contributed by atoms with Crippen molar-refractivity contribution >= 4 is 10.0 Å². The van der Waals surface area contributed by atoms with Crippen LogP contribution in [-0.2, 0) is 16.6 Å². The lowest BCUT2D eigenvalue weighted by molar-refractivity contribution is 0.126. The molecule has 0 atom stereocenters. The summed E-state index contributed by atoms with van der Waals surface area (Å²) in [6.07, 6.45) is -2.71. The lowest BCUT2D eigenvalue weighted by Crippen LogP contribution is -2.31. The minimum Gasteiger partial charge on any atom is -0.326 e. The van der Waals surface area contributed by atoms with E-state index < -0.39 is 23.0 Å². The molecule has 1 rings (SSSR count). The van der Waals surface area contributed by atoms with Gasteiger partial charge >= 0.3 is 0 Å². The van der Waals surface area contributed by atoms with Crippen LogP contribution in [0, 0.1) is 6.92 Å². The monoisotopic (exact) mass is 278 g/mol. The van der Waals surface area contributed by atoms with E-state index in [1.807, 2.05) is 0 Å². The van der Waals surface area contributed by atoms with Crippen LogP contribution in [-0.4, -0.2) is 32.7 Å². The molecule has 2 N–H and O–H groups in total.